The molecule has 33 heavy (non-hydrogen) atoms. The van der Waals surface area contributed by atoms with Crippen LogP contribution in [0.2, 0.25) is 0 Å². The second kappa shape index (κ2) is 11.3. The third-order valence-corrected chi connectivity index (χ3v) is 7.06. The lowest BCUT2D eigenvalue weighted by atomic mass is 10.1. The number of hydrogen-bond donors (Lipinski definition) is 4. The maximum Gasteiger partial charge on any atom is 0.490 e. The summed E-state index contributed by atoms with van der Waals surface area (Å²) in [5, 5.41) is 14.9. The molecule has 9 nitrogen and oxygen atoms in total. The van der Waals surface area contributed by atoms with Gasteiger partial charge in [0.1, 0.15) is 4.21 Å². The molecule has 0 atom stereocenters. The molecule has 0 saturated carbocycles. The Morgan fingerprint density at radius 1 is 1.21 bits per heavy atom. The van der Waals surface area contributed by atoms with Crippen molar-refractivity contribution in [3.63, 3.8) is 0 Å². The number of carboxylic acids is 1. The Morgan fingerprint density at radius 3 is 2.36 bits per heavy atom. The number of thiophene rings is 1. The number of sulfonamides is 1. The minimum absolute atomic E-state index is 0.226. The number of piperazine rings is 1. The highest BCUT2D eigenvalue weighted by Crippen LogP contribution is 2.30. The molecule has 182 valence electrons. The van der Waals surface area contributed by atoms with Crippen molar-refractivity contribution < 1.29 is 36.3 Å². The molecule has 1 fully saturated rings. The van der Waals surface area contributed by atoms with Crippen LogP contribution in [-0.4, -0.2) is 64.3 Å². The largest absolute Gasteiger partial charge is 0.490 e. The van der Waals surface area contributed by atoms with Crippen molar-refractivity contribution in [2.45, 2.75) is 17.3 Å². The molecule has 0 aliphatic carbocycles. The minimum atomic E-state index is -5.08. The average Bonchev–Trinajstić information content (AvgIpc) is 3.30. The quantitative estimate of drug-likeness (QED) is 0.472. The number of aliphatic carboxylic acids is 1. The van der Waals surface area contributed by atoms with Crippen LogP contribution in [0.3, 0.4) is 0 Å². The van der Waals surface area contributed by atoms with Gasteiger partial charge in [-0.15, -0.1) is 11.3 Å². The first-order valence-corrected chi connectivity index (χ1v) is 12.1. The predicted molar refractivity (Wildman–Crippen MR) is 118 cm³/mol. The normalized spacial score (nSPS) is 14.1. The first-order valence-electron chi connectivity index (χ1n) is 9.70. The molecule has 0 bridgehead atoms. The Labute approximate surface area is 192 Å². The van der Waals surface area contributed by atoms with Gasteiger partial charge < -0.3 is 20.6 Å². The van der Waals surface area contributed by atoms with E-state index in [1.54, 1.807) is 29.6 Å². The third kappa shape index (κ3) is 7.61. The van der Waals surface area contributed by atoms with Gasteiger partial charge in [0.2, 0.25) is 0 Å². The number of nitrogens with one attached hydrogen (secondary N) is 3. The highest BCUT2D eigenvalue weighted by Gasteiger charge is 2.38. The van der Waals surface area contributed by atoms with Crippen LogP contribution in [0, 0.1) is 0 Å². The number of carbonyl (C=O) groups excluding carboxylic acids is 1. The Morgan fingerprint density at radius 2 is 1.85 bits per heavy atom. The summed E-state index contributed by atoms with van der Waals surface area (Å²) in [6, 6.07) is 8.40. The molecule has 2 heterocycles. The lowest BCUT2D eigenvalue weighted by Gasteiger charge is -2.31. The molecule has 4 N–H and O–H groups in total. The molecule has 1 saturated heterocycles. The molecule has 1 aromatic carbocycles. The lowest BCUT2D eigenvalue weighted by Crippen LogP contribution is -2.43. The zero-order valence-electron chi connectivity index (χ0n) is 17.5. The van der Waals surface area contributed by atoms with Crippen molar-refractivity contribution in [3.05, 3.63) is 41.3 Å². The molecule has 2 aromatic rings. The number of benzene rings is 1. The van der Waals surface area contributed by atoms with Crippen LogP contribution in [-0.2, 0) is 14.8 Å². The fourth-order valence-corrected chi connectivity index (χ4v) is 4.87. The van der Waals surface area contributed by atoms with Crippen LogP contribution >= 0.6 is 11.3 Å². The zero-order valence-corrected chi connectivity index (χ0v) is 19.1. The van der Waals surface area contributed by atoms with Crippen molar-refractivity contribution in [1.82, 2.24) is 10.6 Å². The molecule has 1 aromatic heterocycles. The standard InChI is InChI=1S/C17H22N4O3S2.C2HF3O2/c1-2-19-17(22)13-5-6-15(21-9-7-18-8-10-21)14(12-13)20-26(23,24)16-4-3-11-25-16;3-2(4,5)1(6)7/h3-6,11-12,18,20H,2,7-10H2,1H3,(H,19,22);(H,6,7). The number of carboxylic acid groups (broad SMARTS) is 1. The third-order valence-electron chi connectivity index (χ3n) is 4.30. The molecule has 3 rings (SSSR count). The van der Waals surface area contributed by atoms with E-state index in [1.165, 1.54) is 0 Å². The molecule has 0 spiro atoms. The summed E-state index contributed by atoms with van der Waals surface area (Å²) in [6.07, 6.45) is -5.08. The fraction of sp³-hybridized carbons (Fsp3) is 0.368. The van der Waals surface area contributed by atoms with E-state index in [0.29, 0.717) is 17.8 Å². The van der Waals surface area contributed by atoms with E-state index in [1.807, 2.05) is 13.0 Å². The summed E-state index contributed by atoms with van der Waals surface area (Å²) in [6.45, 7) is 5.55. The fourth-order valence-electron chi connectivity index (χ4n) is 2.81. The van der Waals surface area contributed by atoms with Gasteiger partial charge in [-0.1, -0.05) is 6.07 Å². The van der Waals surface area contributed by atoms with Gasteiger partial charge >= 0.3 is 12.1 Å². The molecule has 1 aliphatic heterocycles. The van der Waals surface area contributed by atoms with Crippen molar-refractivity contribution in [2.75, 3.05) is 42.3 Å². The molecule has 0 radical (unpaired) electrons. The zero-order chi connectivity index (χ0) is 24.6. The predicted octanol–water partition coefficient (Wildman–Crippen LogP) is 2.34. The highest BCUT2D eigenvalue weighted by molar-refractivity contribution is 7.94. The van der Waals surface area contributed by atoms with E-state index in [2.05, 4.69) is 20.3 Å². The Balaban J connectivity index is 0.000000479. The van der Waals surface area contributed by atoms with Crippen LogP contribution in [0.15, 0.2) is 39.9 Å². The van der Waals surface area contributed by atoms with Crippen LogP contribution in [0.1, 0.15) is 17.3 Å². The number of amides is 1. The highest BCUT2D eigenvalue weighted by atomic mass is 32.2. The van der Waals surface area contributed by atoms with Crippen molar-refractivity contribution in [1.29, 1.82) is 0 Å². The van der Waals surface area contributed by atoms with Gasteiger partial charge in [0.25, 0.3) is 15.9 Å². The molecular formula is C19H23F3N4O5S2. The number of anilines is 2. The number of carbonyl (C=O) groups is 2. The number of nitrogens with zero attached hydrogens (tertiary/aromatic N) is 1. The number of rotatable bonds is 6. The van der Waals surface area contributed by atoms with Crippen LogP contribution in [0.25, 0.3) is 0 Å². The SMILES string of the molecule is CCNC(=O)c1ccc(N2CCNCC2)c(NS(=O)(=O)c2cccs2)c1.O=C(O)C(F)(F)F. The number of hydrogen-bond acceptors (Lipinski definition) is 7. The molecule has 1 amide bonds. The van der Waals surface area contributed by atoms with Gasteiger partial charge in [0.15, 0.2) is 0 Å². The van der Waals surface area contributed by atoms with Gasteiger partial charge in [0, 0.05) is 38.3 Å². The van der Waals surface area contributed by atoms with Gasteiger partial charge in [-0.05, 0) is 36.6 Å². The molecule has 0 unspecified atom stereocenters. The summed E-state index contributed by atoms with van der Waals surface area (Å²) >= 11 is 1.16. The summed E-state index contributed by atoms with van der Waals surface area (Å²) in [5.74, 6) is -2.98. The lowest BCUT2D eigenvalue weighted by molar-refractivity contribution is -0.192. The van der Waals surface area contributed by atoms with Crippen molar-refractivity contribution in [2.24, 2.45) is 0 Å². The van der Waals surface area contributed by atoms with Crippen LogP contribution in [0.4, 0.5) is 24.5 Å². The molecule has 14 heteroatoms. The summed E-state index contributed by atoms with van der Waals surface area (Å²) in [7, 11) is -3.69. The second-order valence-electron chi connectivity index (χ2n) is 6.67. The minimum Gasteiger partial charge on any atom is -0.475 e. The van der Waals surface area contributed by atoms with E-state index < -0.39 is 22.2 Å². The first kappa shape index (κ1) is 26.4. The van der Waals surface area contributed by atoms with E-state index in [9.17, 15) is 26.4 Å². The maximum atomic E-state index is 12.7. The summed E-state index contributed by atoms with van der Waals surface area (Å²) in [4.78, 5) is 23.2. The van der Waals surface area contributed by atoms with Crippen molar-refractivity contribution >= 4 is 44.6 Å². The Bertz CT molecular complexity index is 1050. The van der Waals surface area contributed by atoms with E-state index in [-0.39, 0.29) is 10.1 Å². The maximum absolute atomic E-state index is 12.7. The molecular weight excluding hydrogens is 485 g/mol. The van der Waals surface area contributed by atoms with Gasteiger partial charge in [-0.3, -0.25) is 9.52 Å². The van der Waals surface area contributed by atoms with Crippen molar-refractivity contribution in [3.8, 4) is 0 Å². The summed E-state index contributed by atoms with van der Waals surface area (Å²) < 4.78 is 60.0. The molecule has 1 aliphatic rings. The average molecular weight is 509 g/mol. The first-order chi connectivity index (χ1) is 15.5. The second-order valence-corrected chi connectivity index (χ2v) is 9.53. The van der Waals surface area contributed by atoms with Crippen LogP contribution < -0.4 is 20.3 Å². The number of alkyl halides is 3. The van der Waals surface area contributed by atoms with Crippen LogP contribution in [0.5, 0.6) is 0 Å². The van der Waals surface area contributed by atoms with E-state index >= 15 is 0 Å². The van der Waals surface area contributed by atoms with Gasteiger partial charge in [-0.2, -0.15) is 13.2 Å². The van der Waals surface area contributed by atoms with Gasteiger partial charge in [-0.25, -0.2) is 13.2 Å². The van der Waals surface area contributed by atoms with Gasteiger partial charge in [0.05, 0.1) is 11.4 Å². The topological polar surface area (TPSA) is 128 Å². The summed E-state index contributed by atoms with van der Waals surface area (Å²) in [5.41, 5.74) is 1.62. The monoisotopic (exact) mass is 508 g/mol. The Hall–Kier alpha value is -2.84. The smallest absolute Gasteiger partial charge is 0.475 e. The Kier molecular flexibility index (Phi) is 9.07. The van der Waals surface area contributed by atoms with E-state index in [4.69, 9.17) is 9.90 Å². The van der Waals surface area contributed by atoms with E-state index in [0.717, 1.165) is 43.2 Å². The number of halogens is 3.